The molecule has 0 bridgehead atoms. The van der Waals surface area contributed by atoms with Crippen LogP contribution < -0.4 is 11.0 Å². The van der Waals surface area contributed by atoms with Gasteiger partial charge in [0.2, 0.25) is 0 Å². The summed E-state index contributed by atoms with van der Waals surface area (Å²) >= 11 is 2.22. The molecule has 1 aromatic carbocycles. The Balaban J connectivity index is 1.98. The van der Waals surface area contributed by atoms with Gasteiger partial charge >= 0.3 is 5.97 Å². The third-order valence-corrected chi connectivity index (χ3v) is 4.60. The van der Waals surface area contributed by atoms with Crippen LogP contribution in [0.25, 0.3) is 0 Å². The Morgan fingerprint density at radius 1 is 1.42 bits per heavy atom. The van der Waals surface area contributed by atoms with E-state index in [-0.39, 0.29) is 11.6 Å². The Morgan fingerprint density at radius 2 is 2.12 bits per heavy atom. The van der Waals surface area contributed by atoms with Crippen LogP contribution in [-0.2, 0) is 0 Å². The van der Waals surface area contributed by atoms with Crippen molar-refractivity contribution in [1.82, 2.24) is 9.55 Å². The summed E-state index contributed by atoms with van der Waals surface area (Å²) in [5.74, 6) is -0.849. The summed E-state index contributed by atoms with van der Waals surface area (Å²) in [5, 5.41) is 13.5. The quantitative estimate of drug-likeness (QED) is 0.568. The summed E-state index contributed by atoms with van der Waals surface area (Å²) in [6.45, 7) is 1.88. The fourth-order valence-electron chi connectivity index (χ4n) is 2.59. The second kappa shape index (κ2) is 6.71. The molecule has 2 N–H and O–H groups in total. The largest absolute Gasteiger partial charge is 0.477 e. The summed E-state index contributed by atoms with van der Waals surface area (Å²) in [4.78, 5) is 27.7. The summed E-state index contributed by atoms with van der Waals surface area (Å²) in [6, 6.07) is 7.62. The molecule has 0 saturated carbocycles. The maximum absolute atomic E-state index is 12.4. The normalized spacial score (nSPS) is 18.2. The Hall–Kier alpha value is -2.23. The predicted octanol–water partition coefficient (Wildman–Crippen LogP) is 2.72. The van der Waals surface area contributed by atoms with E-state index in [1.54, 1.807) is 0 Å². The van der Waals surface area contributed by atoms with Crippen LogP contribution in [0.4, 0.5) is 5.69 Å². The van der Waals surface area contributed by atoms with Crippen LogP contribution in [0.2, 0.25) is 0 Å². The zero-order valence-electron chi connectivity index (χ0n) is 12.9. The molecule has 0 saturated heterocycles. The average Bonchev–Trinajstić information content (AvgIpc) is 2.55. The highest BCUT2D eigenvalue weighted by Gasteiger charge is 2.26. The van der Waals surface area contributed by atoms with E-state index in [1.165, 1.54) is 4.57 Å². The lowest BCUT2D eigenvalue weighted by molar-refractivity contribution is 0.0693. The average molecular weight is 438 g/mol. The van der Waals surface area contributed by atoms with Crippen LogP contribution in [0.3, 0.4) is 0 Å². The zero-order valence-corrected chi connectivity index (χ0v) is 15.0. The van der Waals surface area contributed by atoms with Crippen molar-refractivity contribution in [3.63, 3.8) is 0 Å². The molecule has 1 aromatic heterocycles. The summed E-state index contributed by atoms with van der Waals surface area (Å²) in [6.07, 6.45) is 2.47. The van der Waals surface area contributed by atoms with Crippen molar-refractivity contribution >= 4 is 40.0 Å². The second-order valence-electron chi connectivity index (χ2n) is 5.54. The lowest BCUT2D eigenvalue weighted by Crippen LogP contribution is -2.37. The fourth-order valence-corrected chi connectivity index (χ4v) is 2.95. The molecule has 24 heavy (non-hydrogen) atoms. The van der Waals surface area contributed by atoms with E-state index in [0.717, 1.165) is 15.5 Å². The molecule has 1 aliphatic rings. The number of hydrogen-bond acceptors (Lipinski definition) is 5. The molecule has 1 aliphatic heterocycles. The van der Waals surface area contributed by atoms with Crippen LogP contribution in [-0.4, -0.2) is 26.3 Å². The van der Waals surface area contributed by atoms with Gasteiger partial charge in [-0.15, -0.1) is 0 Å². The number of carboxylic acid groups (broad SMARTS) is 1. The van der Waals surface area contributed by atoms with Crippen LogP contribution in [0.5, 0.6) is 0 Å². The van der Waals surface area contributed by atoms with Crippen molar-refractivity contribution in [2.45, 2.75) is 25.8 Å². The standard InChI is InChI=1S/C16H15IN4O3/c1-9-2-7-13(20-19-11-5-3-10(17)4-6-11)14-18-8-12(16(23)24)15(22)21(9)14/h3-6,8-9,19H,2,7H2,1H3,(H,23,24)/b20-13+. The number of rotatable bonds is 3. The number of nitrogens with zero attached hydrogens (tertiary/aromatic N) is 3. The van der Waals surface area contributed by atoms with E-state index in [1.807, 2.05) is 31.2 Å². The van der Waals surface area contributed by atoms with Gasteiger partial charge in [0.15, 0.2) is 5.82 Å². The summed E-state index contributed by atoms with van der Waals surface area (Å²) in [7, 11) is 0. The van der Waals surface area contributed by atoms with Gasteiger partial charge in [-0.3, -0.25) is 14.8 Å². The molecule has 1 unspecified atom stereocenters. The molecule has 2 aromatic rings. The number of carbonyl (C=O) groups is 1. The number of fused-ring (bicyclic) bond motifs is 1. The Kier molecular flexibility index (Phi) is 4.65. The monoisotopic (exact) mass is 438 g/mol. The molecule has 124 valence electrons. The van der Waals surface area contributed by atoms with E-state index in [0.29, 0.717) is 24.4 Å². The molecular formula is C16H15IN4O3. The Bertz CT molecular complexity index is 874. The van der Waals surface area contributed by atoms with E-state index in [9.17, 15) is 9.59 Å². The second-order valence-corrected chi connectivity index (χ2v) is 6.79. The van der Waals surface area contributed by atoms with Crippen LogP contribution in [0.1, 0.15) is 42.0 Å². The molecular weight excluding hydrogens is 423 g/mol. The van der Waals surface area contributed by atoms with Gasteiger partial charge in [-0.25, -0.2) is 9.78 Å². The van der Waals surface area contributed by atoms with E-state index in [2.05, 4.69) is 38.1 Å². The molecule has 3 rings (SSSR count). The highest BCUT2D eigenvalue weighted by Crippen LogP contribution is 2.22. The highest BCUT2D eigenvalue weighted by molar-refractivity contribution is 14.1. The molecule has 0 fully saturated rings. The molecule has 0 spiro atoms. The maximum atomic E-state index is 12.4. The maximum Gasteiger partial charge on any atom is 0.342 e. The number of halogens is 1. The lowest BCUT2D eigenvalue weighted by atomic mass is 10.0. The topological polar surface area (TPSA) is 96.6 Å². The van der Waals surface area contributed by atoms with Crippen molar-refractivity contribution in [3.05, 3.63) is 55.8 Å². The Labute approximate surface area is 151 Å². The first kappa shape index (κ1) is 16.6. The van der Waals surface area contributed by atoms with Crippen molar-refractivity contribution in [2.75, 3.05) is 5.43 Å². The number of anilines is 1. The van der Waals surface area contributed by atoms with Gasteiger partial charge in [0.1, 0.15) is 11.3 Å². The smallest absolute Gasteiger partial charge is 0.342 e. The molecule has 0 aliphatic carbocycles. The lowest BCUT2D eigenvalue weighted by Gasteiger charge is -2.25. The summed E-state index contributed by atoms with van der Waals surface area (Å²) < 4.78 is 2.54. The van der Waals surface area contributed by atoms with E-state index in [4.69, 9.17) is 5.11 Å². The molecule has 7 nitrogen and oxygen atoms in total. The number of hydrazone groups is 1. The number of benzene rings is 1. The molecule has 1 atom stereocenters. The van der Waals surface area contributed by atoms with Gasteiger partial charge in [-0.2, -0.15) is 5.10 Å². The van der Waals surface area contributed by atoms with Crippen LogP contribution >= 0.6 is 22.6 Å². The molecule has 2 heterocycles. The number of aromatic nitrogens is 2. The van der Waals surface area contributed by atoms with Crippen LogP contribution in [0, 0.1) is 3.57 Å². The van der Waals surface area contributed by atoms with Gasteiger partial charge in [0.05, 0.1) is 5.69 Å². The predicted molar refractivity (Wildman–Crippen MR) is 98.7 cm³/mol. The number of aromatic carboxylic acids is 1. The third kappa shape index (κ3) is 3.18. The molecule has 0 radical (unpaired) electrons. The SMILES string of the molecule is CC1CC/C(=N\Nc2ccc(I)cc2)c2ncc(C(=O)O)c(=O)n21. The minimum atomic E-state index is -1.27. The van der Waals surface area contributed by atoms with Crippen molar-refractivity contribution < 1.29 is 9.90 Å². The van der Waals surface area contributed by atoms with E-state index < -0.39 is 11.5 Å². The minimum Gasteiger partial charge on any atom is -0.477 e. The van der Waals surface area contributed by atoms with Gasteiger partial charge in [-0.05, 0) is 66.6 Å². The van der Waals surface area contributed by atoms with Gasteiger partial charge < -0.3 is 5.11 Å². The molecule has 0 amide bonds. The minimum absolute atomic E-state index is 0.114. The number of hydrogen-bond donors (Lipinski definition) is 2. The Morgan fingerprint density at radius 3 is 2.79 bits per heavy atom. The van der Waals surface area contributed by atoms with Crippen LogP contribution in [0.15, 0.2) is 40.4 Å². The van der Waals surface area contributed by atoms with Crippen molar-refractivity contribution in [3.8, 4) is 0 Å². The van der Waals surface area contributed by atoms with Gasteiger partial charge in [0.25, 0.3) is 5.56 Å². The number of nitrogens with one attached hydrogen (secondary N) is 1. The first-order chi connectivity index (χ1) is 11.5. The van der Waals surface area contributed by atoms with Gasteiger partial charge in [-0.1, -0.05) is 0 Å². The fraction of sp³-hybridized carbons (Fsp3) is 0.250. The first-order valence-corrected chi connectivity index (χ1v) is 8.48. The third-order valence-electron chi connectivity index (χ3n) is 3.89. The van der Waals surface area contributed by atoms with Crippen molar-refractivity contribution in [1.29, 1.82) is 0 Å². The molecule has 8 heteroatoms. The zero-order chi connectivity index (χ0) is 17.3. The number of carboxylic acids is 1. The van der Waals surface area contributed by atoms with E-state index >= 15 is 0 Å². The van der Waals surface area contributed by atoms with Gasteiger partial charge in [0, 0.05) is 15.8 Å². The summed E-state index contributed by atoms with van der Waals surface area (Å²) in [5.41, 5.74) is 3.58. The first-order valence-electron chi connectivity index (χ1n) is 7.40. The highest BCUT2D eigenvalue weighted by atomic mass is 127. The van der Waals surface area contributed by atoms with Crippen molar-refractivity contribution in [2.24, 2.45) is 5.10 Å².